The maximum atomic E-state index is 13.1. The van der Waals surface area contributed by atoms with E-state index >= 15 is 0 Å². The quantitative estimate of drug-likeness (QED) is 0.0274. The second-order valence-corrected chi connectivity index (χ2v) is 17.6. The van der Waals surface area contributed by atoms with E-state index in [1.165, 1.54) is 122 Å². The Bertz CT molecular complexity index is 1080. The molecule has 0 aliphatic carbocycles. The number of ether oxygens (including phenoxy) is 4. The lowest BCUT2D eigenvalue weighted by Crippen LogP contribution is -2.65. The molecule has 12 atom stereocenters. The molecule has 0 bridgehead atoms. The van der Waals surface area contributed by atoms with Crippen LogP contribution in [0.3, 0.4) is 0 Å². The largest absolute Gasteiger partial charge is 0.394 e. The van der Waals surface area contributed by atoms with E-state index in [1.807, 2.05) is 6.08 Å². The summed E-state index contributed by atoms with van der Waals surface area (Å²) in [6.45, 7) is 2.77. The van der Waals surface area contributed by atoms with Crippen LogP contribution >= 0.6 is 0 Å². The lowest BCUT2D eigenvalue weighted by atomic mass is 9.97. The van der Waals surface area contributed by atoms with E-state index in [-0.39, 0.29) is 18.9 Å². The lowest BCUT2D eigenvalue weighted by molar-refractivity contribution is -0.359. The minimum absolute atomic E-state index is 0.239. The maximum absolute atomic E-state index is 13.1. The molecule has 0 aromatic rings. The van der Waals surface area contributed by atoms with E-state index in [0.717, 1.165) is 38.5 Å². The standard InChI is InChI=1S/C47H89NO13/c1-3-5-7-9-11-13-15-17-19-21-23-25-27-29-31-39(52)48-35(36(51)30-28-26-24-22-20-18-16-14-12-10-8-6-4-2)34-58-46-44(57)42(55)45(38(33-50)60-46)61-47-43(56)41(54)40(53)37(32-49)59-47/h28,30,35-38,40-47,49-51,53-57H,3-27,29,31-34H2,1-2H3,(H,48,52). The fourth-order valence-corrected chi connectivity index (χ4v) is 8.17. The second kappa shape index (κ2) is 35.0. The first-order valence-electron chi connectivity index (χ1n) is 24.4. The molecule has 0 spiro atoms. The van der Waals surface area contributed by atoms with E-state index in [2.05, 4.69) is 19.2 Å². The van der Waals surface area contributed by atoms with Crippen LogP contribution in [-0.2, 0) is 23.7 Å². The Labute approximate surface area is 367 Å². The number of carbonyl (C=O) groups excluding carboxylic acids is 1. The number of unbranched alkanes of at least 4 members (excludes halogenated alkanes) is 24. The van der Waals surface area contributed by atoms with Crippen molar-refractivity contribution in [2.75, 3.05) is 19.8 Å². The van der Waals surface area contributed by atoms with Gasteiger partial charge in [0.15, 0.2) is 12.6 Å². The number of nitrogens with one attached hydrogen (secondary N) is 1. The van der Waals surface area contributed by atoms with E-state index < -0.39 is 86.8 Å². The molecule has 2 heterocycles. The Morgan fingerprint density at radius 1 is 0.574 bits per heavy atom. The number of carbonyl (C=O) groups is 1. The summed E-state index contributed by atoms with van der Waals surface area (Å²) in [5, 5.41) is 86.6. The zero-order valence-corrected chi connectivity index (χ0v) is 37.9. The van der Waals surface area contributed by atoms with Crippen LogP contribution in [0, 0.1) is 0 Å². The van der Waals surface area contributed by atoms with Crippen LogP contribution in [0.1, 0.15) is 187 Å². The van der Waals surface area contributed by atoms with Crippen molar-refractivity contribution >= 4 is 5.91 Å². The molecule has 360 valence electrons. The van der Waals surface area contributed by atoms with Gasteiger partial charge in [0.1, 0.15) is 48.8 Å². The van der Waals surface area contributed by atoms with Gasteiger partial charge in [0.05, 0.1) is 32.0 Å². The zero-order chi connectivity index (χ0) is 44.7. The highest BCUT2D eigenvalue weighted by molar-refractivity contribution is 5.76. The van der Waals surface area contributed by atoms with Crippen molar-refractivity contribution in [3.63, 3.8) is 0 Å². The summed E-state index contributed by atoms with van der Waals surface area (Å²) in [6, 6.07) is -0.906. The molecule has 2 fully saturated rings. The van der Waals surface area contributed by atoms with Crippen molar-refractivity contribution in [1.82, 2.24) is 5.32 Å². The summed E-state index contributed by atoms with van der Waals surface area (Å²) < 4.78 is 22.7. The predicted molar refractivity (Wildman–Crippen MR) is 235 cm³/mol. The number of allylic oxidation sites excluding steroid dienone is 1. The van der Waals surface area contributed by atoms with E-state index in [1.54, 1.807) is 6.08 Å². The first-order chi connectivity index (χ1) is 29.6. The van der Waals surface area contributed by atoms with Gasteiger partial charge in [0, 0.05) is 6.42 Å². The highest BCUT2D eigenvalue weighted by Crippen LogP contribution is 2.30. The Hall–Kier alpha value is -1.27. The Morgan fingerprint density at radius 2 is 1.02 bits per heavy atom. The second-order valence-electron chi connectivity index (χ2n) is 17.6. The van der Waals surface area contributed by atoms with Crippen molar-refractivity contribution in [3.05, 3.63) is 12.2 Å². The molecule has 14 heteroatoms. The summed E-state index contributed by atoms with van der Waals surface area (Å²) in [5.74, 6) is -0.239. The van der Waals surface area contributed by atoms with Crippen LogP contribution in [0.15, 0.2) is 12.2 Å². The van der Waals surface area contributed by atoms with Crippen molar-refractivity contribution in [2.24, 2.45) is 0 Å². The van der Waals surface area contributed by atoms with E-state index in [4.69, 9.17) is 18.9 Å². The number of aliphatic hydroxyl groups excluding tert-OH is 8. The third-order valence-electron chi connectivity index (χ3n) is 12.2. The van der Waals surface area contributed by atoms with Gasteiger partial charge >= 0.3 is 0 Å². The first-order valence-corrected chi connectivity index (χ1v) is 24.4. The third-order valence-corrected chi connectivity index (χ3v) is 12.2. The van der Waals surface area contributed by atoms with Crippen molar-refractivity contribution in [2.45, 2.75) is 261 Å². The van der Waals surface area contributed by atoms with Gasteiger partial charge < -0.3 is 65.1 Å². The molecule has 1 amide bonds. The highest BCUT2D eigenvalue weighted by atomic mass is 16.7. The molecule has 2 aliphatic rings. The number of hydrogen-bond donors (Lipinski definition) is 9. The van der Waals surface area contributed by atoms with Gasteiger partial charge in [0.2, 0.25) is 5.91 Å². The number of aliphatic hydroxyl groups is 8. The Balaban J connectivity index is 1.88. The van der Waals surface area contributed by atoms with E-state index in [0.29, 0.717) is 6.42 Å². The number of rotatable bonds is 37. The fourth-order valence-electron chi connectivity index (χ4n) is 8.17. The zero-order valence-electron chi connectivity index (χ0n) is 37.9. The molecule has 61 heavy (non-hydrogen) atoms. The van der Waals surface area contributed by atoms with Crippen LogP contribution in [0.2, 0.25) is 0 Å². The molecule has 0 aromatic heterocycles. The summed E-state index contributed by atoms with van der Waals surface area (Å²) in [7, 11) is 0. The number of amides is 1. The molecule has 12 unspecified atom stereocenters. The summed E-state index contributed by atoms with van der Waals surface area (Å²) in [6.07, 6.45) is 18.2. The average Bonchev–Trinajstić information content (AvgIpc) is 3.26. The van der Waals surface area contributed by atoms with E-state index in [9.17, 15) is 45.6 Å². The fraction of sp³-hybridized carbons (Fsp3) is 0.936. The SMILES string of the molecule is CCCCCCCCCCCCCC=CC(O)C(COC1OC(CO)C(OC2OC(CO)C(O)C(O)C2O)C(O)C1O)NC(=O)CCCCCCCCCCCCCCCC. The molecule has 0 saturated carbocycles. The van der Waals surface area contributed by atoms with Gasteiger partial charge in [0.25, 0.3) is 0 Å². The van der Waals surface area contributed by atoms with Gasteiger partial charge in [-0.15, -0.1) is 0 Å². The van der Waals surface area contributed by atoms with Gasteiger partial charge in [-0.2, -0.15) is 0 Å². The van der Waals surface area contributed by atoms with Crippen LogP contribution in [0.4, 0.5) is 0 Å². The normalized spacial score (nSPS) is 28.0. The minimum atomic E-state index is -1.78. The van der Waals surface area contributed by atoms with Crippen LogP contribution in [-0.4, -0.2) is 140 Å². The summed E-state index contributed by atoms with van der Waals surface area (Å²) in [4.78, 5) is 13.1. The van der Waals surface area contributed by atoms with Gasteiger partial charge in [-0.1, -0.05) is 174 Å². The minimum Gasteiger partial charge on any atom is -0.394 e. The molecule has 0 radical (unpaired) electrons. The van der Waals surface area contributed by atoms with Crippen LogP contribution in [0.5, 0.6) is 0 Å². The molecule has 9 N–H and O–H groups in total. The molecule has 2 aliphatic heterocycles. The van der Waals surface area contributed by atoms with Crippen LogP contribution < -0.4 is 5.32 Å². The molecule has 2 rings (SSSR count). The van der Waals surface area contributed by atoms with Gasteiger partial charge in [-0.05, 0) is 19.3 Å². The summed E-state index contributed by atoms with van der Waals surface area (Å²) >= 11 is 0. The predicted octanol–water partition coefficient (Wildman–Crippen LogP) is 5.60. The molecule has 0 aromatic carbocycles. The molecule has 2 saturated heterocycles. The van der Waals surface area contributed by atoms with Crippen LogP contribution in [0.25, 0.3) is 0 Å². The Kier molecular flexibility index (Phi) is 32.1. The lowest BCUT2D eigenvalue weighted by Gasteiger charge is -2.46. The third kappa shape index (κ3) is 23.0. The molecular weight excluding hydrogens is 787 g/mol. The van der Waals surface area contributed by atoms with Crippen molar-refractivity contribution < 1.29 is 64.6 Å². The highest BCUT2D eigenvalue weighted by Gasteiger charge is 2.51. The maximum Gasteiger partial charge on any atom is 0.220 e. The van der Waals surface area contributed by atoms with Gasteiger partial charge in [-0.3, -0.25) is 4.79 Å². The van der Waals surface area contributed by atoms with Gasteiger partial charge in [-0.25, -0.2) is 0 Å². The number of hydrogen-bond acceptors (Lipinski definition) is 13. The first kappa shape index (κ1) is 55.9. The average molecular weight is 876 g/mol. The monoisotopic (exact) mass is 876 g/mol. The Morgan fingerprint density at radius 3 is 1.51 bits per heavy atom. The molecule has 14 nitrogen and oxygen atoms in total. The van der Waals surface area contributed by atoms with Crippen molar-refractivity contribution in [1.29, 1.82) is 0 Å². The molecular formula is C47H89NO13. The topological polar surface area (TPSA) is 228 Å². The summed E-state index contributed by atoms with van der Waals surface area (Å²) in [5.41, 5.74) is 0. The smallest absolute Gasteiger partial charge is 0.220 e. The van der Waals surface area contributed by atoms with Crippen molar-refractivity contribution in [3.8, 4) is 0 Å².